The first-order chi connectivity index (χ1) is 5.04. The average Bonchev–Trinajstić information content (AvgIpc) is 1.85. The van der Waals surface area contributed by atoms with Crippen molar-refractivity contribution in [1.82, 2.24) is 0 Å². The minimum atomic E-state index is -1.06. The van der Waals surface area contributed by atoms with Crippen LogP contribution in [-0.2, 0) is 9.59 Å². The summed E-state index contributed by atoms with van der Waals surface area (Å²) in [6, 6.07) is 0. The van der Waals surface area contributed by atoms with Crippen LogP contribution >= 0.6 is 0 Å². The Balaban J connectivity index is 0. The van der Waals surface area contributed by atoms with Crippen molar-refractivity contribution in [3.8, 4) is 0 Å². The number of aliphatic hydroxyl groups is 2. The zero-order chi connectivity index (χ0) is 9.28. The van der Waals surface area contributed by atoms with Crippen molar-refractivity contribution in [2.45, 2.75) is 13.3 Å². The van der Waals surface area contributed by atoms with Crippen molar-refractivity contribution in [3.05, 3.63) is 0 Å². The largest absolute Gasteiger partial charge is 0.481 e. The summed E-state index contributed by atoms with van der Waals surface area (Å²) in [6.07, 6.45) is -0.361. The lowest BCUT2D eigenvalue weighted by atomic mass is 10.3. The second-order valence-electron chi connectivity index (χ2n) is 1.72. The highest BCUT2D eigenvalue weighted by Crippen LogP contribution is 1.77. The molecule has 0 aromatic heterocycles. The Kier molecular flexibility index (Phi) is 10.5. The highest BCUT2D eigenvalue weighted by Gasteiger charge is 1.98. The van der Waals surface area contributed by atoms with Gasteiger partial charge in [-0.05, 0) is 6.92 Å². The van der Waals surface area contributed by atoms with Crippen LogP contribution in [0.2, 0.25) is 0 Å². The fraction of sp³-hybridized carbons (Fsp3) is 0.667. The van der Waals surface area contributed by atoms with Crippen LogP contribution in [0.3, 0.4) is 0 Å². The van der Waals surface area contributed by atoms with E-state index >= 15 is 0 Å². The summed E-state index contributed by atoms with van der Waals surface area (Å²) in [5, 5.41) is 23.1. The topological polar surface area (TPSA) is 94.8 Å². The van der Waals surface area contributed by atoms with Crippen LogP contribution in [0.25, 0.3) is 0 Å². The number of carbonyl (C=O) groups excluding carboxylic acids is 1. The van der Waals surface area contributed by atoms with Crippen molar-refractivity contribution in [1.29, 1.82) is 0 Å². The third-order valence-corrected chi connectivity index (χ3v) is 0.500. The van der Waals surface area contributed by atoms with Crippen molar-refractivity contribution in [2.75, 3.05) is 13.2 Å². The third-order valence-electron chi connectivity index (χ3n) is 0.500. The Morgan fingerprint density at radius 3 is 1.55 bits per heavy atom. The Hall–Kier alpha value is -0.940. The highest BCUT2D eigenvalue weighted by atomic mass is 16.4. The van der Waals surface area contributed by atoms with E-state index in [4.69, 9.17) is 15.3 Å². The SMILES string of the molecule is CC(=O)CC(=O)O.OCCO. The monoisotopic (exact) mass is 164 g/mol. The number of aliphatic carboxylic acids is 1. The number of Topliss-reactive ketones (excluding diaryl/α,β-unsaturated/α-hetero) is 1. The van der Waals surface area contributed by atoms with Gasteiger partial charge in [0.25, 0.3) is 0 Å². The molecule has 11 heavy (non-hydrogen) atoms. The molecule has 0 heterocycles. The van der Waals surface area contributed by atoms with Gasteiger partial charge in [-0.1, -0.05) is 0 Å². The van der Waals surface area contributed by atoms with Crippen molar-refractivity contribution >= 4 is 11.8 Å². The molecule has 3 N–H and O–H groups in total. The lowest BCUT2D eigenvalue weighted by Crippen LogP contribution is -2.00. The van der Waals surface area contributed by atoms with Crippen LogP contribution in [-0.4, -0.2) is 40.3 Å². The molecule has 66 valence electrons. The lowest BCUT2D eigenvalue weighted by molar-refractivity contribution is -0.139. The van der Waals surface area contributed by atoms with E-state index in [1.165, 1.54) is 6.92 Å². The second kappa shape index (κ2) is 9.06. The van der Waals surface area contributed by atoms with Gasteiger partial charge >= 0.3 is 5.97 Å². The number of hydrogen-bond acceptors (Lipinski definition) is 4. The highest BCUT2D eigenvalue weighted by molar-refractivity contribution is 5.93. The van der Waals surface area contributed by atoms with E-state index in [1.807, 2.05) is 0 Å². The van der Waals surface area contributed by atoms with Crippen molar-refractivity contribution in [2.24, 2.45) is 0 Å². The number of ketones is 1. The van der Waals surface area contributed by atoms with Gasteiger partial charge in [-0.25, -0.2) is 0 Å². The average molecular weight is 164 g/mol. The van der Waals surface area contributed by atoms with Gasteiger partial charge in [-0.3, -0.25) is 9.59 Å². The number of aliphatic hydroxyl groups excluding tert-OH is 2. The Bertz CT molecular complexity index is 106. The molecule has 0 aliphatic heterocycles. The van der Waals surface area contributed by atoms with E-state index in [1.54, 1.807) is 0 Å². The predicted molar refractivity (Wildman–Crippen MR) is 37.1 cm³/mol. The van der Waals surface area contributed by atoms with E-state index in [0.717, 1.165) is 0 Å². The van der Waals surface area contributed by atoms with Crippen molar-refractivity contribution in [3.63, 3.8) is 0 Å². The zero-order valence-corrected chi connectivity index (χ0v) is 6.28. The minimum Gasteiger partial charge on any atom is -0.481 e. The maximum Gasteiger partial charge on any atom is 0.310 e. The standard InChI is InChI=1S/C4H6O3.C2H6O2/c1-3(5)2-4(6)7;3-1-2-4/h2H2,1H3,(H,6,7);3-4H,1-2H2. The molecular weight excluding hydrogens is 152 g/mol. The van der Waals surface area contributed by atoms with E-state index < -0.39 is 5.97 Å². The van der Waals surface area contributed by atoms with Gasteiger partial charge in [0.1, 0.15) is 12.2 Å². The van der Waals surface area contributed by atoms with Crippen LogP contribution in [0.1, 0.15) is 13.3 Å². The number of hydrogen-bond donors (Lipinski definition) is 3. The third kappa shape index (κ3) is 27.4. The van der Waals surface area contributed by atoms with Crippen LogP contribution in [0.15, 0.2) is 0 Å². The molecule has 0 aromatic rings. The number of rotatable bonds is 3. The molecule has 0 saturated carbocycles. The predicted octanol–water partition coefficient (Wildman–Crippen LogP) is -0.979. The summed E-state index contributed by atoms with van der Waals surface area (Å²) in [6.45, 7) is 0.994. The first-order valence-electron chi connectivity index (χ1n) is 2.97. The number of carboxylic acid groups (broad SMARTS) is 1. The molecular formula is C6H12O5. The van der Waals surface area contributed by atoms with E-state index in [0.29, 0.717) is 0 Å². The molecule has 0 atom stereocenters. The van der Waals surface area contributed by atoms with Crippen LogP contribution in [0, 0.1) is 0 Å². The second-order valence-corrected chi connectivity index (χ2v) is 1.72. The summed E-state index contributed by atoms with van der Waals surface area (Å²) >= 11 is 0. The van der Waals surface area contributed by atoms with Crippen LogP contribution < -0.4 is 0 Å². The molecule has 0 amide bonds. The van der Waals surface area contributed by atoms with Gasteiger partial charge in [-0.2, -0.15) is 0 Å². The summed E-state index contributed by atoms with van der Waals surface area (Å²) in [5.74, 6) is -1.37. The molecule has 0 spiro atoms. The molecule has 0 unspecified atom stereocenters. The maximum absolute atomic E-state index is 9.87. The summed E-state index contributed by atoms with van der Waals surface area (Å²) in [7, 11) is 0. The lowest BCUT2D eigenvalue weighted by Gasteiger charge is -1.80. The first-order valence-corrected chi connectivity index (χ1v) is 2.97. The normalized spacial score (nSPS) is 7.91. The van der Waals surface area contributed by atoms with E-state index in [9.17, 15) is 9.59 Å². The fourth-order valence-electron chi connectivity index (χ4n) is 0.213. The maximum atomic E-state index is 9.87. The Morgan fingerprint density at radius 1 is 1.18 bits per heavy atom. The van der Waals surface area contributed by atoms with Crippen LogP contribution in [0.5, 0.6) is 0 Å². The van der Waals surface area contributed by atoms with Gasteiger partial charge < -0.3 is 15.3 Å². The van der Waals surface area contributed by atoms with Gasteiger partial charge in [0.15, 0.2) is 0 Å². The molecule has 5 heteroatoms. The van der Waals surface area contributed by atoms with Crippen molar-refractivity contribution < 1.29 is 24.9 Å². The van der Waals surface area contributed by atoms with Gasteiger partial charge in [0.05, 0.1) is 13.2 Å². The number of carbonyl (C=O) groups is 2. The molecule has 0 aliphatic rings. The van der Waals surface area contributed by atoms with E-state index in [2.05, 4.69) is 0 Å². The molecule has 0 aromatic carbocycles. The summed E-state index contributed by atoms with van der Waals surface area (Å²) in [5.41, 5.74) is 0. The molecule has 0 saturated heterocycles. The van der Waals surface area contributed by atoms with E-state index in [-0.39, 0.29) is 25.4 Å². The minimum absolute atomic E-state index is 0.125. The summed E-state index contributed by atoms with van der Waals surface area (Å²) in [4.78, 5) is 19.5. The smallest absolute Gasteiger partial charge is 0.310 e. The quantitative estimate of drug-likeness (QED) is 0.466. The molecule has 0 aliphatic carbocycles. The molecule has 0 fully saturated rings. The van der Waals surface area contributed by atoms with Gasteiger partial charge in [-0.15, -0.1) is 0 Å². The molecule has 0 bridgehead atoms. The number of carboxylic acids is 1. The zero-order valence-electron chi connectivity index (χ0n) is 6.28. The molecule has 5 nitrogen and oxygen atoms in total. The Morgan fingerprint density at radius 2 is 1.55 bits per heavy atom. The molecule has 0 radical (unpaired) electrons. The summed E-state index contributed by atoms with van der Waals surface area (Å²) < 4.78 is 0. The Labute approximate surface area is 64.3 Å². The van der Waals surface area contributed by atoms with Gasteiger partial charge in [0.2, 0.25) is 0 Å². The first kappa shape index (κ1) is 12.7. The van der Waals surface area contributed by atoms with Crippen LogP contribution in [0.4, 0.5) is 0 Å². The fourth-order valence-corrected chi connectivity index (χ4v) is 0.213. The molecule has 0 rings (SSSR count). The van der Waals surface area contributed by atoms with Gasteiger partial charge in [0, 0.05) is 0 Å².